The third kappa shape index (κ3) is 3.24. The largest absolute Gasteiger partial charge is 0.270 e. The lowest BCUT2D eigenvalue weighted by Gasteiger charge is -2.03. The van der Waals surface area contributed by atoms with E-state index in [1.807, 2.05) is 24.3 Å². The highest BCUT2D eigenvalue weighted by molar-refractivity contribution is 6.33. The zero-order valence-electron chi connectivity index (χ0n) is 11.7. The molecule has 0 fully saturated rings. The van der Waals surface area contributed by atoms with Crippen LogP contribution in [0.25, 0.3) is 10.8 Å². The first kappa shape index (κ1) is 14.9. The van der Waals surface area contributed by atoms with Crippen LogP contribution in [0.3, 0.4) is 0 Å². The minimum absolute atomic E-state index is 0.0548. The van der Waals surface area contributed by atoms with Crippen molar-refractivity contribution < 1.29 is 4.92 Å². The van der Waals surface area contributed by atoms with E-state index in [4.69, 9.17) is 11.6 Å². The average Bonchev–Trinajstić information content (AvgIpc) is 2.56. The molecule has 0 saturated carbocycles. The molecular formula is C15H10ClN5O2. The van der Waals surface area contributed by atoms with Gasteiger partial charge in [0.25, 0.3) is 5.69 Å². The minimum atomic E-state index is -0.489. The molecule has 3 rings (SSSR count). The molecule has 0 atom stereocenters. The van der Waals surface area contributed by atoms with Gasteiger partial charge in [0.15, 0.2) is 5.82 Å². The molecule has 0 aliphatic rings. The molecule has 0 aliphatic heterocycles. The maximum Gasteiger partial charge on any atom is 0.270 e. The quantitative estimate of drug-likeness (QED) is 0.448. The molecule has 23 heavy (non-hydrogen) atoms. The molecule has 1 N–H and O–H groups in total. The van der Waals surface area contributed by atoms with Crippen LogP contribution in [0.5, 0.6) is 0 Å². The number of hydrogen-bond acceptors (Lipinski definition) is 6. The zero-order valence-corrected chi connectivity index (χ0v) is 12.4. The second-order valence-corrected chi connectivity index (χ2v) is 5.02. The Morgan fingerprint density at radius 3 is 2.91 bits per heavy atom. The van der Waals surface area contributed by atoms with E-state index in [-0.39, 0.29) is 5.69 Å². The number of aromatic nitrogens is 2. The third-order valence-corrected chi connectivity index (χ3v) is 3.48. The Hall–Kier alpha value is -3.06. The van der Waals surface area contributed by atoms with Gasteiger partial charge in [-0.3, -0.25) is 15.5 Å². The monoisotopic (exact) mass is 327 g/mol. The van der Waals surface area contributed by atoms with Crippen LogP contribution < -0.4 is 5.43 Å². The van der Waals surface area contributed by atoms with Crippen LogP contribution in [0.1, 0.15) is 5.56 Å². The molecule has 114 valence electrons. The van der Waals surface area contributed by atoms with Gasteiger partial charge in [-0.1, -0.05) is 35.9 Å². The lowest BCUT2D eigenvalue weighted by atomic mass is 10.2. The fourth-order valence-corrected chi connectivity index (χ4v) is 2.18. The molecular weight excluding hydrogens is 318 g/mol. The molecule has 0 aliphatic carbocycles. The van der Waals surface area contributed by atoms with Gasteiger partial charge in [-0.05, 0) is 6.07 Å². The van der Waals surface area contributed by atoms with Crippen LogP contribution in [0.2, 0.25) is 5.02 Å². The molecule has 1 aromatic heterocycles. The third-order valence-electron chi connectivity index (χ3n) is 3.13. The van der Waals surface area contributed by atoms with Crippen LogP contribution in [0, 0.1) is 10.1 Å². The van der Waals surface area contributed by atoms with Crippen LogP contribution >= 0.6 is 11.6 Å². The Kier molecular flexibility index (Phi) is 4.11. The van der Waals surface area contributed by atoms with E-state index < -0.39 is 4.92 Å². The van der Waals surface area contributed by atoms with Gasteiger partial charge < -0.3 is 0 Å². The van der Waals surface area contributed by atoms with Crippen LogP contribution in [-0.4, -0.2) is 21.3 Å². The van der Waals surface area contributed by atoms with E-state index >= 15 is 0 Å². The van der Waals surface area contributed by atoms with Gasteiger partial charge in [0.2, 0.25) is 0 Å². The summed E-state index contributed by atoms with van der Waals surface area (Å²) in [5.41, 5.74) is 3.16. The van der Waals surface area contributed by atoms with E-state index in [1.54, 1.807) is 6.20 Å². The van der Waals surface area contributed by atoms with Gasteiger partial charge in [-0.25, -0.2) is 0 Å². The van der Waals surface area contributed by atoms with Crippen molar-refractivity contribution >= 4 is 40.1 Å². The summed E-state index contributed by atoms with van der Waals surface area (Å²) in [7, 11) is 0. The molecule has 1 heterocycles. The summed E-state index contributed by atoms with van der Waals surface area (Å²) >= 11 is 6.01. The fourth-order valence-electron chi connectivity index (χ4n) is 2.02. The highest BCUT2D eigenvalue weighted by atomic mass is 35.5. The average molecular weight is 328 g/mol. The first-order valence-electron chi connectivity index (χ1n) is 6.58. The molecule has 0 unspecified atom stereocenters. The van der Waals surface area contributed by atoms with Gasteiger partial charge in [0.1, 0.15) is 0 Å². The van der Waals surface area contributed by atoms with Crippen LogP contribution in [-0.2, 0) is 0 Å². The molecule has 0 radical (unpaired) electrons. The number of non-ortho nitro benzene ring substituents is 1. The highest BCUT2D eigenvalue weighted by Crippen LogP contribution is 2.21. The summed E-state index contributed by atoms with van der Waals surface area (Å²) < 4.78 is 0. The SMILES string of the molecule is O=[N+]([O-])c1ccc(Cl)c(/C=N/Nc2nncc3ccccc23)c1. The van der Waals surface area contributed by atoms with Crippen molar-refractivity contribution in [3.63, 3.8) is 0 Å². The maximum absolute atomic E-state index is 10.8. The lowest BCUT2D eigenvalue weighted by Crippen LogP contribution is -1.97. The van der Waals surface area contributed by atoms with Gasteiger partial charge >= 0.3 is 0 Å². The normalized spacial score (nSPS) is 11.0. The smallest absolute Gasteiger partial charge is 0.259 e. The topological polar surface area (TPSA) is 93.3 Å². The number of benzene rings is 2. The van der Waals surface area contributed by atoms with Gasteiger partial charge in [0.05, 0.1) is 17.3 Å². The molecule has 0 saturated heterocycles. The summed E-state index contributed by atoms with van der Waals surface area (Å²) in [6.07, 6.45) is 3.06. The molecule has 0 amide bonds. The number of anilines is 1. The molecule has 8 heteroatoms. The Labute approximate surface area is 135 Å². The van der Waals surface area contributed by atoms with Crippen LogP contribution in [0.15, 0.2) is 53.8 Å². The zero-order chi connectivity index (χ0) is 16.2. The van der Waals surface area contributed by atoms with E-state index in [0.717, 1.165) is 10.8 Å². The minimum Gasteiger partial charge on any atom is -0.259 e. The molecule has 0 bridgehead atoms. The number of rotatable bonds is 4. The second-order valence-electron chi connectivity index (χ2n) is 4.61. The number of hydrazone groups is 1. The molecule has 2 aromatic carbocycles. The number of halogens is 1. The second kappa shape index (κ2) is 6.37. The van der Waals surface area contributed by atoms with Crippen molar-refractivity contribution in [2.24, 2.45) is 5.10 Å². The van der Waals surface area contributed by atoms with Crippen molar-refractivity contribution in [3.05, 3.63) is 69.4 Å². The van der Waals surface area contributed by atoms with Crippen LogP contribution in [0.4, 0.5) is 11.5 Å². The van der Waals surface area contributed by atoms with E-state index in [9.17, 15) is 10.1 Å². The maximum atomic E-state index is 10.8. The van der Waals surface area contributed by atoms with Gasteiger partial charge in [-0.15, -0.1) is 5.10 Å². The summed E-state index contributed by atoms with van der Waals surface area (Å²) in [5.74, 6) is 0.487. The van der Waals surface area contributed by atoms with E-state index in [2.05, 4.69) is 20.7 Å². The summed E-state index contributed by atoms with van der Waals surface area (Å²) in [6.45, 7) is 0. The Bertz CT molecular complexity index is 908. The standard InChI is InChI=1S/C15H10ClN5O2/c16-14-6-5-12(21(22)23)7-11(14)9-18-20-15-13-4-2-1-3-10(13)8-17-19-15/h1-9H,(H,19,20)/b18-9+. The molecule has 0 spiro atoms. The van der Waals surface area contributed by atoms with Crippen molar-refractivity contribution in [1.82, 2.24) is 10.2 Å². The predicted octanol–water partition coefficient (Wildman–Crippen LogP) is 3.64. The number of nitro groups is 1. The van der Waals surface area contributed by atoms with E-state index in [0.29, 0.717) is 16.4 Å². The highest BCUT2D eigenvalue weighted by Gasteiger charge is 2.08. The Balaban J connectivity index is 1.86. The molecule has 7 nitrogen and oxygen atoms in total. The van der Waals surface area contributed by atoms with Crippen molar-refractivity contribution in [2.75, 3.05) is 5.43 Å². The first-order valence-corrected chi connectivity index (χ1v) is 6.96. The summed E-state index contributed by atoms with van der Waals surface area (Å²) in [5, 5.41) is 24.9. The van der Waals surface area contributed by atoms with Crippen molar-refractivity contribution in [3.8, 4) is 0 Å². The van der Waals surface area contributed by atoms with Crippen molar-refractivity contribution in [1.29, 1.82) is 0 Å². The number of fused-ring (bicyclic) bond motifs is 1. The number of hydrogen-bond donors (Lipinski definition) is 1. The summed E-state index contributed by atoms with van der Waals surface area (Å²) in [6, 6.07) is 11.7. The number of nitro benzene ring substituents is 1. The lowest BCUT2D eigenvalue weighted by molar-refractivity contribution is -0.384. The van der Waals surface area contributed by atoms with Gasteiger partial charge in [-0.2, -0.15) is 10.2 Å². The van der Waals surface area contributed by atoms with E-state index in [1.165, 1.54) is 24.4 Å². The van der Waals surface area contributed by atoms with Gasteiger partial charge in [0, 0.05) is 33.5 Å². The van der Waals surface area contributed by atoms with Crippen molar-refractivity contribution in [2.45, 2.75) is 0 Å². The summed E-state index contributed by atoms with van der Waals surface area (Å²) in [4.78, 5) is 10.3. The molecule has 3 aromatic rings. The Morgan fingerprint density at radius 1 is 1.26 bits per heavy atom. The number of nitrogens with zero attached hydrogens (tertiary/aromatic N) is 4. The Morgan fingerprint density at radius 2 is 2.09 bits per heavy atom. The number of nitrogens with one attached hydrogen (secondary N) is 1. The predicted molar refractivity (Wildman–Crippen MR) is 88.9 cm³/mol. The first-order chi connectivity index (χ1) is 11.1. The fraction of sp³-hybridized carbons (Fsp3) is 0.